The van der Waals surface area contributed by atoms with Crippen LogP contribution in [-0.2, 0) is 28.7 Å². The minimum absolute atomic E-state index is 0.0440. The molecule has 0 rings (SSSR count). The average molecular weight is 791 g/mol. The number of hydrogen-bond donors (Lipinski definition) is 0. The molecule has 0 radical (unpaired) electrons. The standard InChI is InChI=1S/C50H94O6/c1-6-10-14-18-20-28-36-45(34-26-16-12-8-3)47(51)38-30-22-24-32-40-49(53)55-42-44(5)43-56-50(54)41-33-25-23-31-39-48(52)46(35-27-17-13-9-4)37-29-21-19-15-11-7-2/h44-46H,6-43H2,1-5H3. The number of ketones is 2. The smallest absolute Gasteiger partial charge is 0.305 e. The molecule has 0 aromatic carbocycles. The topological polar surface area (TPSA) is 86.7 Å². The molecular weight excluding hydrogens is 697 g/mol. The molecule has 2 atom stereocenters. The van der Waals surface area contributed by atoms with Gasteiger partial charge in [0, 0.05) is 43.4 Å². The maximum absolute atomic E-state index is 13.1. The summed E-state index contributed by atoms with van der Waals surface area (Å²) in [4.78, 5) is 50.7. The summed E-state index contributed by atoms with van der Waals surface area (Å²) in [6, 6.07) is 0. The molecule has 0 saturated carbocycles. The van der Waals surface area contributed by atoms with E-state index in [1.165, 1.54) is 128 Å². The van der Waals surface area contributed by atoms with Gasteiger partial charge in [0.2, 0.25) is 0 Å². The molecule has 6 nitrogen and oxygen atoms in total. The zero-order valence-corrected chi connectivity index (χ0v) is 38.1. The van der Waals surface area contributed by atoms with Gasteiger partial charge < -0.3 is 9.47 Å². The first-order chi connectivity index (χ1) is 27.3. The Morgan fingerprint density at radius 2 is 0.589 bits per heavy atom. The Labute approximate surface area is 347 Å². The first-order valence-corrected chi connectivity index (χ1v) is 24.6. The van der Waals surface area contributed by atoms with Crippen molar-refractivity contribution in [2.24, 2.45) is 17.8 Å². The van der Waals surface area contributed by atoms with Crippen molar-refractivity contribution in [3.8, 4) is 0 Å². The lowest BCUT2D eigenvalue weighted by atomic mass is 9.88. The normalized spacial score (nSPS) is 13.0. The van der Waals surface area contributed by atoms with Crippen molar-refractivity contribution >= 4 is 23.5 Å². The molecule has 0 fully saturated rings. The van der Waals surface area contributed by atoms with E-state index in [1.807, 2.05) is 6.92 Å². The van der Waals surface area contributed by atoms with E-state index < -0.39 is 0 Å². The van der Waals surface area contributed by atoms with Gasteiger partial charge in [-0.3, -0.25) is 19.2 Å². The maximum Gasteiger partial charge on any atom is 0.305 e. The van der Waals surface area contributed by atoms with Crippen molar-refractivity contribution in [1.82, 2.24) is 0 Å². The van der Waals surface area contributed by atoms with Crippen molar-refractivity contribution in [3.05, 3.63) is 0 Å². The van der Waals surface area contributed by atoms with Gasteiger partial charge >= 0.3 is 11.9 Å². The predicted molar refractivity (Wildman–Crippen MR) is 237 cm³/mol. The highest BCUT2D eigenvalue weighted by Crippen LogP contribution is 2.24. The molecule has 0 heterocycles. The van der Waals surface area contributed by atoms with Crippen LogP contribution in [0, 0.1) is 17.8 Å². The summed E-state index contributed by atoms with van der Waals surface area (Å²) in [6.07, 6.45) is 38.6. The molecule has 0 aromatic rings. The molecule has 0 amide bonds. The molecule has 0 N–H and O–H groups in total. The quantitative estimate of drug-likeness (QED) is 0.0451. The Morgan fingerprint density at radius 3 is 0.911 bits per heavy atom. The van der Waals surface area contributed by atoms with E-state index in [9.17, 15) is 19.2 Å². The number of hydrogen-bond acceptors (Lipinski definition) is 6. The number of Topliss-reactive ketones (excluding diaryl/α,β-unsaturated/α-hetero) is 2. The third kappa shape index (κ3) is 35.4. The van der Waals surface area contributed by atoms with Crippen LogP contribution < -0.4 is 0 Å². The molecule has 6 heteroatoms. The number of rotatable bonds is 44. The van der Waals surface area contributed by atoms with Gasteiger partial charge in [-0.25, -0.2) is 0 Å². The maximum atomic E-state index is 13.1. The summed E-state index contributed by atoms with van der Waals surface area (Å²) in [7, 11) is 0. The molecule has 0 aliphatic heterocycles. The van der Waals surface area contributed by atoms with E-state index in [1.54, 1.807) is 0 Å². The second kappa shape index (κ2) is 41.4. The van der Waals surface area contributed by atoms with Gasteiger partial charge in [0.05, 0.1) is 13.2 Å². The highest BCUT2D eigenvalue weighted by molar-refractivity contribution is 5.81. The third-order valence-corrected chi connectivity index (χ3v) is 11.7. The van der Waals surface area contributed by atoms with Crippen LogP contribution in [0.25, 0.3) is 0 Å². The molecule has 330 valence electrons. The second-order valence-corrected chi connectivity index (χ2v) is 17.4. The minimum Gasteiger partial charge on any atom is -0.465 e. The monoisotopic (exact) mass is 791 g/mol. The fourth-order valence-electron chi connectivity index (χ4n) is 7.83. The zero-order chi connectivity index (χ0) is 41.3. The molecule has 0 bridgehead atoms. The second-order valence-electron chi connectivity index (χ2n) is 17.4. The Morgan fingerprint density at radius 1 is 0.339 bits per heavy atom. The molecule has 0 aromatic heterocycles. The SMILES string of the molecule is CCCCCCCCC(CCCCCC)C(=O)CCCCCCC(=O)OCC(C)COC(=O)CCCCCCC(=O)C(CCCCCC)CCCCCCCC. The van der Waals surface area contributed by atoms with Crippen LogP contribution in [0.2, 0.25) is 0 Å². The average Bonchev–Trinajstić information content (AvgIpc) is 3.19. The lowest BCUT2D eigenvalue weighted by Crippen LogP contribution is -2.18. The minimum atomic E-state index is -0.200. The van der Waals surface area contributed by atoms with Crippen molar-refractivity contribution in [2.75, 3.05) is 13.2 Å². The highest BCUT2D eigenvalue weighted by atomic mass is 16.5. The first kappa shape index (κ1) is 54.3. The Hall–Kier alpha value is -1.72. The number of carbonyl (C=O) groups is 4. The van der Waals surface area contributed by atoms with E-state index in [-0.39, 0.29) is 42.9 Å². The molecule has 2 unspecified atom stereocenters. The van der Waals surface area contributed by atoms with Crippen LogP contribution >= 0.6 is 0 Å². The summed E-state index contributed by atoms with van der Waals surface area (Å²) in [5.41, 5.74) is 0. The Kier molecular flexibility index (Phi) is 40.2. The number of ether oxygens (including phenoxy) is 2. The van der Waals surface area contributed by atoms with Crippen LogP contribution in [0.3, 0.4) is 0 Å². The van der Waals surface area contributed by atoms with E-state index in [4.69, 9.17) is 9.47 Å². The lowest BCUT2D eigenvalue weighted by molar-refractivity contribution is -0.148. The van der Waals surface area contributed by atoms with Gasteiger partial charge in [-0.15, -0.1) is 0 Å². The Bertz CT molecular complexity index is 843. The van der Waals surface area contributed by atoms with Crippen LogP contribution in [-0.4, -0.2) is 36.7 Å². The van der Waals surface area contributed by atoms with Gasteiger partial charge in [0.15, 0.2) is 0 Å². The van der Waals surface area contributed by atoms with E-state index >= 15 is 0 Å². The fraction of sp³-hybridized carbons (Fsp3) is 0.920. The Balaban J connectivity index is 4.08. The van der Waals surface area contributed by atoms with Crippen LogP contribution in [0.1, 0.15) is 266 Å². The zero-order valence-electron chi connectivity index (χ0n) is 38.1. The van der Waals surface area contributed by atoms with Crippen molar-refractivity contribution in [3.63, 3.8) is 0 Å². The third-order valence-electron chi connectivity index (χ3n) is 11.7. The highest BCUT2D eigenvalue weighted by Gasteiger charge is 2.19. The number of esters is 2. The molecule has 0 aliphatic carbocycles. The van der Waals surface area contributed by atoms with Crippen LogP contribution in [0.15, 0.2) is 0 Å². The molecule has 0 saturated heterocycles. The number of unbranched alkanes of at least 4 members (excludes halogenated alkanes) is 22. The number of carbonyl (C=O) groups excluding carboxylic acids is 4. The summed E-state index contributed by atoms with van der Waals surface area (Å²) in [5, 5.41) is 0. The van der Waals surface area contributed by atoms with Crippen molar-refractivity contribution in [1.29, 1.82) is 0 Å². The summed E-state index contributed by atoms with van der Waals surface area (Å²) >= 11 is 0. The molecule has 0 aliphatic rings. The van der Waals surface area contributed by atoms with Gasteiger partial charge in [-0.2, -0.15) is 0 Å². The molecule has 56 heavy (non-hydrogen) atoms. The first-order valence-electron chi connectivity index (χ1n) is 24.6. The summed E-state index contributed by atoms with van der Waals surface area (Å²) < 4.78 is 10.9. The summed E-state index contributed by atoms with van der Waals surface area (Å²) in [6.45, 7) is 11.4. The van der Waals surface area contributed by atoms with Gasteiger partial charge in [-0.1, -0.05) is 189 Å². The van der Waals surface area contributed by atoms with E-state index in [2.05, 4.69) is 27.7 Å². The van der Waals surface area contributed by atoms with E-state index in [0.717, 1.165) is 77.0 Å². The lowest BCUT2D eigenvalue weighted by Gasteiger charge is -2.16. The molecule has 0 spiro atoms. The van der Waals surface area contributed by atoms with Gasteiger partial charge in [0.25, 0.3) is 0 Å². The fourth-order valence-corrected chi connectivity index (χ4v) is 7.83. The van der Waals surface area contributed by atoms with Crippen LogP contribution in [0.4, 0.5) is 0 Å². The van der Waals surface area contributed by atoms with Gasteiger partial charge in [0.1, 0.15) is 11.6 Å². The summed E-state index contributed by atoms with van der Waals surface area (Å²) in [5.74, 6) is 0.959. The predicted octanol–water partition coefficient (Wildman–Crippen LogP) is 15.2. The van der Waals surface area contributed by atoms with Crippen LogP contribution in [0.5, 0.6) is 0 Å². The van der Waals surface area contributed by atoms with E-state index in [0.29, 0.717) is 37.2 Å². The molecular formula is C50H94O6. The van der Waals surface area contributed by atoms with Gasteiger partial charge in [-0.05, 0) is 51.4 Å². The van der Waals surface area contributed by atoms with Crippen molar-refractivity contribution in [2.45, 2.75) is 266 Å². The van der Waals surface area contributed by atoms with Crippen molar-refractivity contribution < 1.29 is 28.7 Å². The largest absolute Gasteiger partial charge is 0.465 e.